The van der Waals surface area contributed by atoms with Crippen LogP contribution in [0.1, 0.15) is 40.4 Å². The first kappa shape index (κ1) is 18.1. The molecule has 1 atom stereocenters. The van der Waals surface area contributed by atoms with Crippen LogP contribution >= 0.6 is 0 Å². The fourth-order valence-electron chi connectivity index (χ4n) is 2.49. The third-order valence-corrected chi connectivity index (χ3v) is 4.26. The van der Waals surface area contributed by atoms with Crippen LogP contribution in [0.2, 0.25) is 0 Å². The summed E-state index contributed by atoms with van der Waals surface area (Å²) < 4.78 is 1.50. The Morgan fingerprint density at radius 2 is 1.67 bits per heavy atom. The summed E-state index contributed by atoms with van der Waals surface area (Å²) in [5.41, 5.74) is 0.616. The van der Waals surface area contributed by atoms with E-state index in [1.165, 1.54) is 10.6 Å². The molecule has 1 aromatic carbocycles. The van der Waals surface area contributed by atoms with E-state index in [1.54, 1.807) is 27.0 Å². The van der Waals surface area contributed by atoms with E-state index in [9.17, 15) is 19.8 Å². The van der Waals surface area contributed by atoms with Gasteiger partial charge in [0.2, 0.25) is 5.78 Å². The van der Waals surface area contributed by atoms with Gasteiger partial charge in [-0.05, 0) is 17.7 Å². The molecule has 0 unspecified atom stereocenters. The number of hydrogen-bond donors (Lipinski definition) is 2. The highest BCUT2D eigenvalue weighted by molar-refractivity contribution is 6.02. The molecular weight excluding hydrogens is 306 g/mol. The van der Waals surface area contributed by atoms with Crippen LogP contribution in [0.4, 0.5) is 0 Å². The summed E-state index contributed by atoms with van der Waals surface area (Å²) in [5.74, 6) is -0.603. The summed E-state index contributed by atoms with van der Waals surface area (Å²) in [7, 11) is 1.63. The molecule has 0 amide bonds. The zero-order chi connectivity index (χ0) is 17.9. The van der Waals surface area contributed by atoms with E-state index in [-0.39, 0.29) is 24.5 Å². The normalized spacial score (nSPS) is 12.9. The predicted molar refractivity (Wildman–Crippen MR) is 91.1 cm³/mol. The van der Waals surface area contributed by atoms with Crippen molar-refractivity contribution in [2.24, 2.45) is 12.5 Å². The van der Waals surface area contributed by atoms with Crippen LogP contribution in [0, 0.1) is 5.41 Å². The molecule has 5 nitrogen and oxygen atoms in total. The Morgan fingerprint density at radius 3 is 2.25 bits per heavy atom. The van der Waals surface area contributed by atoms with E-state index >= 15 is 0 Å². The van der Waals surface area contributed by atoms with Crippen molar-refractivity contribution in [3.8, 4) is 0 Å². The van der Waals surface area contributed by atoms with Crippen LogP contribution in [0.5, 0.6) is 0 Å². The van der Waals surface area contributed by atoms with Crippen LogP contribution in [0.15, 0.2) is 42.5 Å². The van der Waals surface area contributed by atoms with Gasteiger partial charge in [0.05, 0.1) is 18.0 Å². The molecule has 0 saturated carbocycles. The molecule has 24 heavy (non-hydrogen) atoms. The van der Waals surface area contributed by atoms with Crippen molar-refractivity contribution in [3.63, 3.8) is 0 Å². The highest BCUT2D eigenvalue weighted by atomic mass is 16.3. The molecule has 0 radical (unpaired) electrons. The summed E-state index contributed by atoms with van der Waals surface area (Å²) in [6.07, 6.45) is -1.09. The second kappa shape index (κ2) is 7.11. The molecule has 1 heterocycles. The standard InChI is InChI=1S/C19H23NO4/c1-19(2,12-21)18(24)17(23)15-10-9-14(20(15)3)16(22)11-13-7-5-4-6-8-13/h4-10,18,21,24H,11-12H2,1-3H3/t18-/m0/s1. The molecule has 0 saturated heterocycles. The molecule has 0 bridgehead atoms. The number of aliphatic hydroxyl groups excluding tert-OH is 2. The lowest BCUT2D eigenvalue weighted by Crippen LogP contribution is -2.40. The van der Waals surface area contributed by atoms with Gasteiger partial charge in [-0.2, -0.15) is 0 Å². The topological polar surface area (TPSA) is 79.5 Å². The Morgan fingerprint density at radius 1 is 1.08 bits per heavy atom. The molecule has 128 valence electrons. The minimum atomic E-state index is -1.34. The number of carbonyl (C=O) groups excluding carboxylic acids is 2. The number of Topliss-reactive ketones (excluding diaryl/α,β-unsaturated/α-hetero) is 2. The van der Waals surface area contributed by atoms with E-state index in [2.05, 4.69) is 0 Å². The van der Waals surface area contributed by atoms with Crippen LogP contribution in [-0.2, 0) is 13.5 Å². The fourth-order valence-corrected chi connectivity index (χ4v) is 2.49. The van der Waals surface area contributed by atoms with Crippen LogP contribution in [0.3, 0.4) is 0 Å². The molecule has 0 fully saturated rings. The zero-order valence-electron chi connectivity index (χ0n) is 14.2. The van der Waals surface area contributed by atoms with Gasteiger partial charge in [-0.1, -0.05) is 44.2 Å². The third-order valence-electron chi connectivity index (χ3n) is 4.26. The van der Waals surface area contributed by atoms with Gasteiger partial charge < -0.3 is 14.8 Å². The largest absolute Gasteiger partial charge is 0.396 e. The third kappa shape index (κ3) is 3.63. The maximum Gasteiger partial charge on any atom is 0.208 e. The van der Waals surface area contributed by atoms with E-state index < -0.39 is 17.3 Å². The number of nitrogens with zero attached hydrogens (tertiary/aromatic N) is 1. The molecule has 1 aromatic heterocycles. The Hall–Kier alpha value is -2.24. The SMILES string of the molecule is Cn1c(C(=O)Cc2ccccc2)ccc1C(=O)[C@H](O)C(C)(C)CO. The molecule has 0 aliphatic heterocycles. The first-order valence-electron chi connectivity index (χ1n) is 7.84. The molecule has 0 aliphatic rings. The highest BCUT2D eigenvalue weighted by Gasteiger charge is 2.35. The van der Waals surface area contributed by atoms with Gasteiger partial charge in [0.15, 0.2) is 5.78 Å². The molecular formula is C19H23NO4. The summed E-state index contributed by atoms with van der Waals surface area (Å²) in [5, 5.41) is 19.5. The fraction of sp³-hybridized carbons (Fsp3) is 0.368. The first-order chi connectivity index (χ1) is 11.3. The van der Waals surface area contributed by atoms with E-state index in [1.807, 2.05) is 30.3 Å². The van der Waals surface area contributed by atoms with Gasteiger partial charge in [0.1, 0.15) is 6.10 Å². The Labute approximate surface area is 141 Å². The number of hydrogen-bond acceptors (Lipinski definition) is 4. The number of aliphatic hydroxyl groups is 2. The first-order valence-corrected chi connectivity index (χ1v) is 7.84. The molecule has 2 rings (SSSR count). The van der Waals surface area contributed by atoms with Gasteiger partial charge in [-0.25, -0.2) is 0 Å². The number of carbonyl (C=O) groups is 2. The number of ketones is 2. The number of rotatable bonds is 7. The van der Waals surface area contributed by atoms with Crippen molar-refractivity contribution < 1.29 is 19.8 Å². The van der Waals surface area contributed by atoms with Crippen molar-refractivity contribution in [1.82, 2.24) is 4.57 Å². The number of benzene rings is 1. The minimum Gasteiger partial charge on any atom is -0.396 e. The molecule has 2 N–H and O–H groups in total. The summed E-state index contributed by atoms with van der Waals surface area (Å²) in [4.78, 5) is 24.9. The second-order valence-corrected chi connectivity index (χ2v) is 6.66. The Bertz CT molecular complexity index is 731. The monoisotopic (exact) mass is 329 g/mol. The van der Waals surface area contributed by atoms with Crippen molar-refractivity contribution in [1.29, 1.82) is 0 Å². The molecule has 0 spiro atoms. The van der Waals surface area contributed by atoms with Gasteiger partial charge >= 0.3 is 0 Å². The smallest absolute Gasteiger partial charge is 0.208 e. The van der Waals surface area contributed by atoms with Crippen molar-refractivity contribution in [3.05, 3.63) is 59.4 Å². The van der Waals surface area contributed by atoms with Gasteiger partial charge in [-0.3, -0.25) is 9.59 Å². The van der Waals surface area contributed by atoms with E-state index in [0.29, 0.717) is 5.69 Å². The molecule has 5 heteroatoms. The zero-order valence-corrected chi connectivity index (χ0v) is 14.2. The quantitative estimate of drug-likeness (QED) is 0.762. The van der Waals surface area contributed by atoms with Gasteiger partial charge in [0.25, 0.3) is 0 Å². The molecule has 0 aliphatic carbocycles. The maximum absolute atomic E-state index is 12.5. The summed E-state index contributed by atoms with van der Waals surface area (Å²) in [6, 6.07) is 12.5. The lowest BCUT2D eigenvalue weighted by atomic mass is 9.84. The predicted octanol–water partition coefficient (Wildman–Crippen LogP) is 2.01. The van der Waals surface area contributed by atoms with Crippen molar-refractivity contribution >= 4 is 11.6 Å². The number of aromatic nitrogens is 1. The second-order valence-electron chi connectivity index (χ2n) is 6.66. The van der Waals surface area contributed by atoms with E-state index in [4.69, 9.17) is 0 Å². The van der Waals surface area contributed by atoms with Crippen LogP contribution in [-0.4, -0.2) is 39.1 Å². The lowest BCUT2D eigenvalue weighted by Gasteiger charge is -2.27. The van der Waals surface area contributed by atoms with Crippen molar-refractivity contribution in [2.75, 3.05) is 6.61 Å². The van der Waals surface area contributed by atoms with Gasteiger partial charge in [0, 0.05) is 18.9 Å². The Balaban J connectivity index is 2.22. The highest BCUT2D eigenvalue weighted by Crippen LogP contribution is 2.24. The molecule has 2 aromatic rings. The average molecular weight is 329 g/mol. The average Bonchev–Trinajstić information content (AvgIpc) is 2.96. The van der Waals surface area contributed by atoms with Crippen molar-refractivity contribution in [2.45, 2.75) is 26.4 Å². The summed E-state index contributed by atoms with van der Waals surface area (Å²) >= 11 is 0. The summed E-state index contributed by atoms with van der Waals surface area (Å²) in [6.45, 7) is 2.91. The van der Waals surface area contributed by atoms with Crippen LogP contribution in [0.25, 0.3) is 0 Å². The lowest BCUT2D eigenvalue weighted by molar-refractivity contribution is 0.0123. The minimum absolute atomic E-state index is 0.0985. The van der Waals surface area contributed by atoms with E-state index in [0.717, 1.165) is 5.56 Å². The maximum atomic E-state index is 12.5. The van der Waals surface area contributed by atoms with Gasteiger partial charge in [-0.15, -0.1) is 0 Å². The Kier molecular flexibility index (Phi) is 5.36. The van der Waals surface area contributed by atoms with Crippen LogP contribution < -0.4 is 0 Å².